The van der Waals surface area contributed by atoms with Gasteiger partial charge in [0.05, 0.1) is 5.92 Å². The monoisotopic (exact) mass is 168 g/mol. The quantitative estimate of drug-likeness (QED) is 0.733. The Morgan fingerprint density at radius 1 is 1.58 bits per heavy atom. The van der Waals surface area contributed by atoms with Gasteiger partial charge in [0.1, 0.15) is 5.82 Å². The number of carbonyl (C=O) groups is 1. The lowest BCUT2D eigenvalue weighted by Crippen LogP contribution is -2.07. The molecule has 0 aliphatic carbocycles. The molecule has 64 valence electrons. The Kier molecular flexibility index (Phi) is 2.43. The average molecular weight is 168 g/mol. The molecule has 1 N–H and O–H groups in total. The van der Waals surface area contributed by atoms with Gasteiger partial charge in [-0.05, 0) is 24.6 Å². The first-order valence-corrected chi connectivity index (χ1v) is 3.59. The van der Waals surface area contributed by atoms with Crippen molar-refractivity contribution in [1.82, 2.24) is 0 Å². The molecule has 0 fully saturated rings. The lowest BCUT2D eigenvalue weighted by molar-refractivity contribution is -0.138. The molecule has 0 saturated carbocycles. The average Bonchev–Trinajstić information content (AvgIpc) is 2.03. The van der Waals surface area contributed by atoms with Crippen LogP contribution in [0.2, 0.25) is 0 Å². The van der Waals surface area contributed by atoms with Gasteiger partial charge in [-0.3, -0.25) is 4.79 Å². The summed E-state index contributed by atoms with van der Waals surface area (Å²) in [4.78, 5) is 10.5. The van der Waals surface area contributed by atoms with Gasteiger partial charge in [-0.2, -0.15) is 0 Å². The molecule has 1 aromatic carbocycles. The third-order valence-corrected chi connectivity index (χ3v) is 1.72. The van der Waals surface area contributed by atoms with Crippen LogP contribution in [0.25, 0.3) is 0 Å². The molecule has 12 heavy (non-hydrogen) atoms. The summed E-state index contributed by atoms with van der Waals surface area (Å²) in [6.45, 7) is 1.52. The molecule has 0 spiro atoms. The zero-order chi connectivity index (χ0) is 9.14. The summed E-state index contributed by atoms with van der Waals surface area (Å²) in [5.74, 6) is -2.00. The van der Waals surface area contributed by atoms with Crippen LogP contribution in [-0.4, -0.2) is 11.1 Å². The van der Waals surface area contributed by atoms with E-state index in [2.05, 4.69) is 0 Å². The normalized spacial score (nSPS) is 12.5. The molecule has 0 aliphatic rings. The van der Waals surface area contributed by atoms with Crippen molar-refractivity contribution in [3.05, 3.63) is 35.6 Å². The summed E-state index contributed by atoms with van der Waals surface area (Å²) in [5, 5.41) is 8.60. The number of carboxylic acids is 1. The van der Waals surface area contributed by atoms with E-state index in [0.29, 0.717) is 5.56 Å². The van der Waals surface area contributed by atoms with Crippen molar-refractivity contribution in [3.8, 4) is 0 Å². The second kappa shape index (κ2) is 3.34. The SMILES string of the molecule is C[C@H](C(=O)O)c1cccc(F)c1. The van der Waals surface area contributed by atoms with Gasteiger partial charge in [0, 0.05) is 0 Å². The summed E-state index contributed by atoms with van der Waals surface area (Å²) >= 11 is 0. The van der Waals surface area contributed by atoms with Crippen LogP contribution in [0.3, 0.4) is 0 Å². The third-order valence-electron chi connectivity index (χ3n) is 1.72. The Labute approximate surface area is 69.6 Å². The molecule has 0 radical (unpaired) electrons. The molecule has 0 saturated heterocycles. The molecule has 0 heterocycles. The minimum Gasteiger partial charge on any atom is -0.481 e. The van der Waals surface area contributed by atoms with Crippen molar-refractivity contribution in [1.29, 1.82) is 0 Å². The predicted octanol–water partition coefficient (Wildman–Crippen LogP) is 2.01. The zero-order valence-electron chi connectivity index (χ0n) is 6.62. The van der Waals surface area contributed by atoms with Gasteiger partial charge in [-0.15, -0.1) is 0 Å². The molecule has 3 heteroatoms. The lowest BCUT2D eigenvalue weighted by atomic mass is 10.0. The highest BCUT2D eigenvalue weighted by Crippen LogP contribution is 2.15. The second-order valence-corrected chi connectivity index (χ2v) is 2.61. The fourth-order valence-corrected chi connectivity index (χ4v) is 0.919. The van der Waals surface area contributed by atoms with Crippen molar-refractivity contribution in [2.24, 2.45) is 0 Å². The van der Waals surface area contributed by atoms with Crippen LogP contribution in [0, 0.1) is 5.82 Å². The van der Waals surface area contributed by atoms with Crippen LogP contribution in [0.15, 0.2) is 24.3 Å². The van der Waals surface area contributed by atoms with Crippen molar-refractivity contribution < 1.29 is 14.3 Å². The number of hydrogen-bond donors (Lipinski definition) is 1. The molecule has 1 aromatic rings. The van der Waals surface area contributed by atoms with E-state index in [1.54, 1.807) is 6.07 Å². The van der Waals surface area contributed by atoms with E-state index in [1.807, 2.05) is 0 Å². The molecule has 0 aromatic heterocycles. The van der Waals surface area contributed by atoms with Crippen LogP contribution in [-0.2, 0) is 4.79 Å². The lowest BCUT2D eigenvalue weighted by Gasteiger charge is -2.05. The molecule has 1 rings (SSSR count). The van der Waals surface area contributed by atoms with Crippen molar-refractivity contribution in [2.75, 3.05) is 0 Å². The second-order valence-electron chi connectivity index (χ2n) is 2.61. The molecular formula is C9H9FO2. The minimum absolute atomic E-state index is 0.402. The largest absolute Gasteiger partial charge is 0.481 e. The highest BCUT2D eigenvalue weighted by Gasteiger charge is 2.13. The van der Waals surface area contributed by atoms with Crippen LogP contribution in [0.5, 0.6) is 0 Å². The standard InChI is InChI=1S/C9H9FO2/c1-6(9(11)12)7-3-2-4-8(10)5-7/h2-6H,1H3,(H,11,12)/t6-/m0/s1. The van der Waals surface area contributed by atoms with Gasteiger partial charge in [-0.25, -0.2) is 4.39 Å². The van der Waals surface area contributed by atoms with Crippen molar-refractivity contribution >= 4 is 5.97 Å². The fourth-order valence-electron chi connectivity index (χ4n) is 0.919. The van der Waals surface area contributed by atoms with Gasteiger partial charge in [0.2, 0.25) is 0 Å². The number of carboxylic acid groups (broad SMARTS) is 1. The van der Waals surface area contributed by atoms with E-state index in [4.69, 9.17) is 5.11 Å². The number of hydrogen-bond acceptors (Lipinski definition) is 1. The van der Waals surface area contributed by atoms with E-state index >= 15 is 0 Å². The number of halogens is 1. The number of rotatable bonds is 2. The highest BCUT2D eigenvalue weighted by molar-refractivity contribution is 5.75. The maximum absolute atomic E-state index is 12.6. The predicted molar refractivity (Wildman–Crippen MR) is 42.5 cm³/mol. The van der Waals surface area contributed by atoms with E-state index in [9.17, 15) is 9.18 Å². The molecule has 0 unspecified atom stereocenters. The van der Waals surface area contributed by atoms with E-state index in [0.717, 1.165) is 0 Å². The molecule has 2 nitrogen and oxygen atoms in total. The first-order chi connectivity index (χ1) is 5.61. The first-order valence-electron chi connectivity index (χ1n) is 3.59. The summed E-state index contributed by atoms with van der Waals surface area (Å²) in [5.41, 5.74) is 0.488. The Morgan fingerprint density at radius 2 is 2.25 bits per heavy atom. The molecule has 0 aliphatic heterocycles. The maximum Gasteiger partial charge on any atom is 0.310 e. The summed E-state index contributed by atoms with van der Waals surface area (Å²) in [6, 6.07) is 5.63. The minimum atomic E-state index is -0.944. The van der Waals surface area contributed by atoms with Crippen molar-refractivity contribution in [2.45, 2.75) is 12.8 Å². The molecule has 0 amide bonds. The smallest absolute Gasteiger partial charge is 0.310 e. The summed E-state index contributed by atoms with van der Waals surface area (Å²) in [7, 11) is 0. The topological polar surface area (TPSA) is 37.3 Å². The number of aliphatic carboxylic acids is 1. The Bertz CT molecular complexity index is 296. The number of benzene rings is 1. The maximum atomic E-state index is 12.6. The summed E-state index contributed by atoms with van der Waals surface area (Å²) in [6.07, 6.45) is 0. The van der Waals surface area contributed by atoms with Gasteiger partial charge < -0.3 is 5.11 Å². The van der Waals surface area contributed by atoms with E-state index in [1.165, 1.54) is 25.1 Å². The first kappa shape index (κ1) is 8.71. The zero-order valence-corrected chi connectivity index (χ0v) is 6.62. The van der Waals surface area contributed by atoms with E-state index < -0.39 is 17.7 Å². The van der Waals surface area contributed by atoms with E-state index in [-0.39, 0.29) is 0 Å². The van der Waals surface area contributed by atoms with Gasteiger partial charge >= 0.3 is 5.97 Å². The Hall–Kier alpha value is -1.38. The third kappa shape index (κ3) is 1.81. The fraction of sp³-hybridized carbons (Fsp3) is 0.222. The summed E-state index contributed by atoms with van der Waals surface area (Å²) < 4.78 is 12.6. The van der Waals surface area contributed by atoms with Gasteiger partial charge in [0.15, 0.2) is 0 Å². The van der Waals surface area contributed by atoms with Crippen LogP contribution in [0.4, 0.5) is 4.39 Å². The van der Waals surface area contributed by atoms with Crippen LogP contribution < -0.4 is 0 Å². The molecule has 1 atom stereocenters. The highest BCUT2D eigenvalue weighted by atomic mass is 19.1. The molecule has 0 bridgehead atoms. The van der Waals surface area contributed by atoms with Crippen LogP contribution in [0.1, 0.15) is 18.4 Å². The Morgan fingerprint density at radius 3 is 2.75 bits per heavy atom. The Balaban J connectivity index is 2.95. The molecular weight excluding hydrogens is 159 g/mol. The van der Waals surface area contributed by atoms with Crippen molar-refractivity contribution in [3.63, 3.8) is 0 Å². The van der Waals surface area contributed by atoms with Gasteiger partial charge in [0.25, 0.3) is 0 Å². The van der Waals surface area contributed by atoms with Gasteiger partial charge in [-0.1, -0.05) is 12.1 Å². The van der Waals surface area contributed by atoms with Crippen LogP contribution >= 0.6 is 0 Å².